The molecule has 98 valence electrons. The molecule has 0 spiro atoms. The molecule has 0 aliphatic carbocycles. The van der Waals surface area contributed by atoms with E-state index in [2.05, 4.69) is 6.07 Å². The number of hydrogen-bond donors (Lipinski definition) is 1. The molecule has 1 aromatic rings. The Morgan fingerprint density at radius 2 is 2.11 bits per heavy atom. The van der Waals surface area contributed by atoms with Crippen molar-refractivity contribution in [2.75, 3.05) is 20.3 Å². The minimum absolute atomic E-state index is 0.579. The van der Waals surface area contributed by atoms with Crippen LogP contribution in [0.25, 0.3) is 0 Å². The van der Waals surface area contributed by atoms with Crippen LogP contribution in [0.5, 0.6) is 11.5 Å². The van der Waals surface area contributed by atoms with Crippen molar-refractivity contribution in [2.45, 2.75) is 25.7 Å². The number of ether oxygens (including phenoxy) is 2. The molecule has 4 nitrogen and oxygen atoms in total. The number of rotatable bonds is 8. The maximum atomic E-state index is 8.42. The van der Waals surface area contributed by atoms with Crippen molar-refractivity contribution in [2.24, 2.45) is 5.73 Å². The largest absolute Gasteiger partial charge is 0.493 e. The van der Waals surface area contributed by atoms with Gasteiger partial charge in [0.05, 0.1) is 19.8 Å². The van der Waals surface area contributed by atoms with Gasteiger partial charge >= 0.3 is 0 Å². The van der Waals surface area contributed by atoms with Crippen molar-refractivity contribution in [1.29, 1.82) is 5.26 Å². The van der Waals surface area contributed by atoms with Gasteiger partial charge in [-0.1, -0.05) is 6.07 Å². The predicted octanol–water partition coefficient (Wildman–Crippen LogP) is 2.27. The van der Waals surface area contributed by atoms with Crippen LogP contribution < -0.4 is 15.2 Å². The lowest BCUT2D eigenvalue weighted by Crippen LogP contribution is -2.04. The third-order valence-electron chi connectivity index (χ3n) is 2.60. The van der Waals surface area contributed by atoms with Gasteiger partial charge in [0, 0.05) is 6.42 Å². The van der Waals surface area contributed by atoms with E-state index in [1.54, 1.807) is 7.11 Å². The number of hydrogen-bond acceptors (Lipinski definition) is 4. The molecule has 0 fully saturated rings. The Morgan fingerprint density at radius 1 is 1.28 bits per heavy atom. The molecule has 1 aromatic carbocycles. The molecule has 4 heteroatoms. The highest BCUT2D eigenvalue weighted by atomic mass is 16.5. The van der Waals surface area contributed by atoms with Gasteiger partial charge in [0.15, 0.2) is 11.5 Å². The summed E-state index contributed by atoms with van der Waals surface area (Å²) in [7, 11) is 1.63. The van der Waals surface area contributed by atoms with Crippen molar-refractivity contribution < 1.29 is 9.47 Å². The topological polar surface area (TPSA) is 68.3 Å². The summed E-state index contributed by atoms with van der Waals surface area (Å²) in [5.74, 6) is 1.48. The number of nitrogens with zero attached hydrogens (tertiary/aromatic N) is 1. The Kier molecular flexibility index (Phi) is 6.67. The van der Waals surface area contributed by atoms with E-state index < -0.39 is 0 Å². The van der Waals surface area contributed by atoms with Gasteiger partial charge in [-0.15, -0.1) is 0 Å². The smallest absolute Gasteiger partial charge is 0.161 e. The van der Waals surface area contributed by atoms with Gasteiger partial charge in [-0.25, -0.2) is 0 Å². The number of benzene rings is 1. The fourth-order valence-electron chi connectivity index (χ4n) is 1.64. The van der Waals surface area contributed by atoms with Crippen LogP contribution in [0.1, 0.15) is 24.8 Å². The molecule has 0 heterocycles. The van der Waals surface area contributed by atoms with E-state index >= 15 is 0 Å². The van der Waals surface area contributed by atoms with Crippen LogP contribution >= 0.6 is 0 Å². The normalized spacial score (nSPS) is 9.83. The molecule has 0 aliphatic heterocycles. The summed E-state index contributed by atoms with van der Waals surface area (Å²) in [4.78, 5) is 0. The molecule has 0 atom stereocenters. The van der Waals surface area contributed by atoms with Gasteiger partial charge in [-0.2, -0.15) is 5.26 Å². The Labute approximate surface area is 108 Å². The maximum Gasteiger partial charge on any atom is 0.161 e. The number of unbranched alkanes of at least 4 members (excludes halogenated alkanes) is 2. The summed E-state index contributed by atoms with van der Waals surface area (Å²) in [5.41, 5.74) is 6.66. The zero-order chi connectivity index (χ0) is 13.2. The zero-order valence-corrected chi connectivity index (χ0v) is 10.8. The molecule has 18 heavy (non-hydrogen) atoms. The summed E-state index contributed by atoms with van der Waals surface area (Å²) in [5, 5.41) is 8.42. The van der Waals surface area contributed by atoms with Gasteiger partial charge in [0.2, 0.25) is 0 Å². The Hall–Kier alpha value is -1.73. The van der Waals surface area contributed by atoms with Gasteiger partial charge in [-0.3, -0.25) is 0 Å². The first-order valence-electron chi connectivity index (χ1n) is 6.18. The Balaban J connectivity index is 2.51. The highest BCUT2D eigenvalue weighted by Crippen LogP contribution is 2.28. The van der Waals surface area contributed by atoms with Gasteiger partial charge in [-0.05, 0) is 43.5 Å². The molecule has 0 amide bonds. The zero-order valence-electron chi connectivity index (χ0n) is 10.8. The van der Waals surface area contributed by atoms with Gasteiger partial charge < -0.3 is 15.2 Å². The Bertz CT molecular complexity index is 399. The highest BCUT2D eigenvalue weighted by Gasteiger charge is 2.05. The lowest BCUT2D eigenvalue weighted by Gasteiger charge is -2.11. The summed E-state index contributed by atoms with van der Waals surface area (Å²) in [6.45, 7) is 1.23. The van der Waals surface area contributed by atoms with Crippen LogP contribution in [0.2, 0.25) is 0 Å². The lowest BCUT2D eigenvalue weighted by molar-refractivity contribution is 0.287. The first-order chi connectivity index (χ1) is 8.81. The second-order valence-corrected chi connectivity index (χ2v) is 3.99. The first kappa shape index (κ1) is 14.3. The van der Waals surface area contributed by atoms with Crippen molar-refractivity contribution in [3.63, 3.8) is 0 Å². The van der Waals surface area contributed by atoms with Crippen molar-refractivity contribution >= 4 is 0 Å². The number of nitriles is 1. The van der Waals surface area contributed by atoms with E-state index in [-0.39, 0.29) is 0 Å². The number of nitrogens with two attached hydrogens (primary N) is 1. The molecular weight excluding hydrogens is 228 g/mol. The fourth-order valence-corrected chi connectivity index (χ4v) is 1.64. The Morgan fingerprint density at radius 3 is 2.78 bits per heavy atom. The molecule has 0 unspecified atom stereocenters. The standard InChI is InChI=1S/C14H20N2O2/c1-17-14-11-12(7-9-16)5-6-13(14)18-10-4-2-3-8-15/h5-6,11H,2-4,7,9-10,16H2,1H3. The first-order valence-corrected chi connectivity index (χ1v) is 6.18. The van der Waals surface area contributed by atoms with Gasteiger partial charge in [0.25, 0.3) is 0 Å². The molecule has 0 aliphatic rings. The monoisotopic (exact) mass is 248 g/mol. The van der Waals surface area contributed by atoms with E-state index in [1.807, 2.05) is 18.2 Å². The lowest BCUT2D eigenvalue weighted by atomic mass is 10.1. The summed E-state index contributed by atoms with van der Waals surface area (Å²) < 4.78 is 10.9. The molecule has 0 aromatic heterocycles. The van der Waals surface area contributed by atoms with E-state index in [9.17, 15) is 0 Å². The van der Waals surface area contributed by atoms with Crippen LogP contribution in [-0.4, -0.2) is 20.3 Å². The van der Waals surface area contributed by atoms with E-state index in [0.717, 1.165) is 36.3 Å². The molecule has 0 saturated carbocycles. The van der Waals surface area contributed by atoms with Crippen LogP contribution in [0.4, 0.5) is 0 Å². The SMILES string of the molecule is COc1cc(CCN)ccc1OCCCCC#N. The molecule has 2 N–H and O–H groups in total. The number of methoxy groups -OCH3 is 1. The maximum absolute atomic E-state index is 8.42. The van der Waals surface area contributed by atoms with Crippen LogP contribution in [0, 0.1) is 11.3 Å². The minimum atomic E-state index is 0.579. The van der Waals surface area contributed by atoms with Gasteiger partial charge in [0.1, 0.15) is 0 Å². The van der Waals surface area contributed by atoms with Crippen LogP contribution in [0.15, 0.2) is 18.2 Å². The molecule has 0 bridgehead atoms. The average Bonchev–Trinajstić information content (AvgIpc) is 2.40. The van der Waals surface area contributed by atoms with E-state index in [1.165, 1.54) is 0 Å². The second-order valence-electron chi connectivity index (χ2n) is 3.99. The van der Waals surface area contributed by atoms with Crippen molar-refractivity contribution in [3.8, 4) is 17.6 Å². The van der Waals surface area contributed by atoms with E-state index in [0.29, 0.717) is 19.6 Å². The third-order valence-corrected chi connectivity index (χ3v) is 2.60. The predicted molar refractivity (Wildman–Crippen MR) is 70.7 cm³/mol. The third kappa shape index (κ3) is 4.64. The quantitative estimate of drug-likeness (QED) is 0.716. The molecule has 0 saturated heterocycles. The highest BCUT2D eigenvalue weighted by molar-refractivity contribution is 5.43. The molecular formula is C14H20N2O2. The summed E-state index contributed by atoms with van der Waals surface area (Å²) in [6.07, 6.45) is 3.15. The van der Waals surface area contributed by atoms with Crippen molar-refractivity contribution in [3.05, 3.63) is 23.8 Å². The minimum Gasteiger partial charge on any atom is -0.493 e. The summed E-state index contributed by atoms with van der Waals surface area (Å²) >= 11 is 0. The average molecular weight is 248 g/mol. The van der Waals surface area contributed by atoms with E-state index in [4.69, 9.17) is 20.5 Å². The summed E-state index contributed by atoms with van der Waals surface area (Å²) in [6, 6.07) is 7.98. The molecule has 1 rings (SSSR count). The van der Waals surface area contributed by atoms with Crippen molar-refractivity contribution in [1.82, 2.24) is 0 Å². The second kappa shape index (κ2) is 8.37. The fraction of sp³-hybridized carbons (Fsp3) is 0.500. The van der Waals surface area contributed by atoms with Crippen LogP contribution in [0.3, 0.4) is 0 Å². The van der Waals surface area contributed by atoms with Crippen LogP contribution in [-0.2, 0) is 6.42 Å². The molecule has 0 radical (unpaired) electrons.